The van der Waals surface area contributed by atoms with E-state index in [1.54, 1.807) is 19.9 Å². The van der Waals surface area contributed by atoms with Crippen LogP contribution in [0.5, 0.6) is 0 Å². The summed E-state index contributed by atoms with van der Waals surface area (Å²) in [6.07, 6.45) is -4.50. The third-order valence-electron chi connectivity index (χ3n) is 3.05. The highest BCUT2D eigenvalue weighted by molar-refractivity contribution is 5.91. The van der Waals surface area contributed by atoms with E-state index in [-0.39, 0.29) is 18.3 Å². The van der Waals surface area contributed by atoms with Crippen molar-refractivity contribution in [2.45, 2.75) is 33.5 Å². The Bertz CT molecular complexity index is 675. The van der Waals surface area contributed by atoms with Crippen molar-refractivity contribution in [3.63, 3.8) is 0 Å². The molecule has 1 amide bonds. The van der Waals surface area contributed by atoms with Crippen molar-refractivity contribution < 1.29 is 22.5 Å². The van der Waals surface area contributed by atoms with Crippen molar-refractivity contribution in [3.8, 4) is 0 Å². The molecule has 0 unspecified atom stereocenters. The number of anilines is 1. The minimum Gasteiger partial charge on any atom is -0.360 e. The summed E-state index contributed by atoms with van der Waals surface area (Å²) in [5.74, 6) is -0.156. The minimum atomic E-state index is -4.50. The molecule has 0 saturated carbocycles. The van der Waals surface area contributed by atoms with Gasteiger partial charge >= 0.3 is 6.18 Å². The smallest absolute Gasteiger partial charge is 0.360 e. The van der Waals surface area contributed by atoms with Crippen molar-refractivity contribution in [2.24, 2.45) is 5.92 Å². The van der Waals surface area contributed by atoms with Crippen LogP contribution in [0.3, 0.4) is 0 Å². The molecule has 0 aliphatic heterocycles. The van der Waals surface area contributed by atoms with Crippen LogP contribution >= 0.6 is 0 Å². The molecule has 0 aliphatic rings. The lowest BCUT2D eigenvalue weighted by Crippen LogP contribution is -2.25. The first-order valence-electron chi connectivity index (χ1n) is 6.52. The standard InChI is InChI=1S/C13H15F3N4O2/c1-7(12(21)17-11-5-9(3)22-19-11)6-20-8(2)4-10(18-20)13(14,15)16/h4-5,7H,6H2,1-3H3,(H,17,19,21)/t7-/m0/s1. The zero-order valence-corrected chi connectivity index (χ0v) is 12.2. The first kappa shape index (κ1) is 16.1. The zero-order valence-electron chi connectivity index (χ0n) is 12.2. The summed E-state index contributed by atoms with van der Waals surface area (Å²) in [7, 11) is 0. The molecule has 0 spiro atoms. The van der Waals surface area contributed by atoms with Crippen molar-refractivity contribution in [2.75, 3.05) is 5.32 Å². The number of hydrogen-bond donors (Lipinski definition) is 1. The summed E-state index contributed by atoms with van der Waals surface area (Å²) in [6, 6.07) is 2.50. The van der Waals surface area contributed by atoms with Gasteiger partial charge in [-0.25, -0.2) is 0 Å². The van der Waals surface area contributed by atoms with Gasteiger partial charge in [0.2, 0.25) is 5.91 Å². The Morgan fingerprint density at radius 1 is 1.41 bits per heavy atom. The van der Waals surface area contributed by atoms with Crippen LogP contribution in [0.25, 0.3) is 0 Å². The van der Waals surface area contributed by atoms with Crippen LogP contribution in [0, 0.1) is 19.8 Å². The number of carbonyl (C=O) groups is 1. The lowest BCUT2D eigenvalue weighted by molar-refractivity contribution is -0.141. The number of amides is 1. The molecule has 2 aromatic rings. The number of nitrogens with one attached hydrogen (secondary N) is 1. The number of carbonyl (C=O) groups excluding carboxylic acids is 1. The molecular weight excluding hydrogens is 301 g/mol. The van der Waals surface area contributed by atoms with E-state index < -0.39 is 17.8 Å². The lowest BCUT2D eigenvalue weighted by atomic mass is 10.1. The van der Waals surface area contributed by atoms with Gasteiger partial charge in [-0.05, 0) is 19.9 Å². The third kappa shape index (κ3) is 3.66. The number of rotatable bonds is 4. The zero-order chi connectivity index (χ0) is 16.5. The van der Waals surface area contributed by atoms with Gasteiger partial charge in [0.05, 0.1) is 12.5 Å². The van der Waals surface area contributed by atoms with Crippen LogP contribution in [0.1, 0.15) is 24.1 Å². The van der Waals surface area contributed by atoms with Gasteiger partial charge in [-0.3, -0.25) is 9.48 Å². The van der Waals surface area contributed by atoms with Crippen LogP contribution in [-0.4, -0.2) is 20.8 Å². The van der Waals surface area contributed by atoms with Crippen molar-refractivity contribution in [1.82, 2.24) is 14.9 Å². The molecular formula is C13H15F3N4O2. The maximum atomic E-state index is 12.6. The number of nitrogens with zero attached hydrogens (tertiary/aromatic N) is 3. The van der Waals surface area contributed by atoms with Gasteiger partial charge in [-0.1, -0.05) is 12.1 Å². The number of halogens is 3. The number of aryl methyl sites for hydroxylation is 2. The first-order valence-corrected chi connectivity index (χ1v) is 6.52. The molecule has 2 heterocycles. The Balaban J connectivity index is 2.03. The summed E-state index contributed by atoms with van der Waals surface area (Å²) in [5.41, 5.74) is -0.631. The van der Waals surface area contributed by atoms with Crippen molar-refractivity contribution in [1.29, 1.82) is 0 Å². The molecule has 2 aromatic heterocycles. The average molecular weight is 316 g/mol. The molecule has 0 aliphatic carbocycles. The largest absolute Gasteiger partial charge is 0.435 e. The predicted octanol–water partition coefficient (Wildman–Crippen LogP) is 2.78. The molecule has 22 heavy (non-hydrogen) atoms. The van der Waals surface area contributed by atoms with E-state index in [2.05, 4.69) is 15.6 Å². The van der Waals surface area contributed by atoms with Gasteiger partial charge in [-0.2, -0.15) is 18.3 Å². The van der Waals surface area contributed by atoms with Crippen LogP contribution in [0.4, 0.5) is 19.0 Å². The third-order valence-corrected chi connectivity index (χ3v) is 3.05. The molecule has 1 atom stereocenters. The normalized spacial score (nSPS) is 13.2. The average Bonchev–Trinajstić information content (AvgIpc) is 2.96. The first-order chi connectivity index (χ1) is 10.2. The molecule has 0 aromatic carbocycles. The molecule has 6 nitrogen and oxygen atoms in total. The van der Waals surface area contributed by atoms with E-state index in [0.29, 0.717) is 11.5 Å². The second-order valence-electron chi connectivity index (χ2n) is 5.06. The van der Waals surface area contributed by atoms with E-state index in [9.17, 15) is 18.0 Å². The SMILES string of the molecule is Cc1cc(NC(=O)[C@@H](C)Cn2nc(C(F)(F)F)cc2C)no1. The van der Waals surface area contributed by atoms with Crippen molar-refractivity contribution >= 4 is 11.7 Å². The lowest BCUT2D eigenvalue weighted by Gasteiger charge is -2.12. The Labute approximate surface area is 124 Å². The fraction of sp³-hybridized carbons (Fsp3) is 0.462. The molecule has 0 bridgehead atoms. The van der Waals surface area contributed by atoms with Gasteiger partial charge in [0.25, 0.3) is 0 Å². The highest BCUT2D eigenvalue weighted by Crippen LogP contribution is 2.28. The molecule has 1 N–H and O–H groups in total. The maximum Gasteiger partial charge on any atom is 0.435 e. The van der Waals surface area contributed by atoms with Crippen LogP contribution in [0.2, 0.25) is 0 Å². The van der Waals surface area contributed by atoms with Gasteiger partial charge in [0.1, 0.15) is 5.76 Å². The fourth-order valence-electron chi connectivity index (χ4n) is 1.85. The second kappa shape index (κ2) is 5.82. The van der Waals surface area contributed by atoms with E-state index in [4.69, 9.17) is 4.52 Å². The second-order valence-corrected chi connectivity index (χ2v) is 5.06. The summed E-state index contributed by atoms with van der Waals surface area (Å²) in [5, 5.41) is 9.65. The van der Waals surface area contributed by atoms with Crippen LogP contribution in [0.15, 0.2) is 16.7 Å². The number of hydrogen-bond acceptors (Lipinski definition) is 4. The Hall–Kier alpha value is -2.32. The monoisotopic (exact) mass is 316 g/mol. The summed E-state index contributed by atoms with van der Waals surface area (Å²) in [4.78, 5) is 12.0. The molecule has 0 saturated heterocycles. The van der Waals surface area contributed by atoms with E-state index >= 15 is 0 Å². The molecule has 0 radical (unpaired) electrons. The van der Waals surface area contributed by atoms with Gasteiger partial charge in [-0.15, -0.1) is 0 Å². The van der Waals surface area contributed by atoms with E-state index in [0.717, 1.165) is 6.07 Å². The molecule has 2 rings (SSSR count). The number of alkyl halides is 3. The number of aromatic nitrogens is 3. The maximum absolute atomic E-state index is 12.6. The minimum absolute atomic E-state index is 0.0323. The highest BCUT2D eigenvalue weighted by Gasteiger charge is 2.34. The van der Waals surface area contributed by atoms with E-state index in [1.807, 2.05) is 0 Å². The predicted molar refractivity (Wildman–Crippen MR) is 71.0 cm³/mol. The van der Waals surface area contributed by atoms with E-state index in [1.165, 1.54) is 11.6 Å². The molecule has 9 heteroatoms. The Morgan fingerprint density at radius 2 is 2.09 bits per heavy atom. The van der Waals surface area contributed by atoms with Crippen LogP contribution in [-0.2, 0) is 17.5 Å². The Morgan fingerprint density at radius 3 is 2.59 bits per heavy atom. The Kier molecular flexibility index (Phi) is 4.25. The summed E-state index contributed by atoms with van der Waals surface area (Å²) >= 11 is 0. The summed E-state index contributed by atoms with van der Waals surface area (Å²) in [6.45, 7) is 4.81. The van der Waals surface area contributed by atoms with Gasteiger partial charge in [0, 0.05) is 11.8 Å². The van der Waals surface area contributed by atoms with Gasteiger partial charge in [0.15, 0.2) is 11.5 Å². The molecule has 120 valence electrons. The fourth-order valence-corrected chi connectivity index (χ4v) is 1.85. The van der Waals surface area contributed by atoms with Crippen molar-refractivity contribution in [3.05, 3.63) is 29.3 Å². The quantitative estimate of drug-likeness (QED) is 0.941. The highest BCUT2D eigenvalue weighted by atomic mass is 19.4. The topological polar surface area (TPSA) is 73.0 Å². The van der Waals surface area contributed by atoms with Crippen LogP contribution < -0.4 is 5.32 Å². The summed E-state index contributed by atoms with van der Waals surface area (Å²) < 4.78 is 43.8. The molecule has 0 fully saturated rings. The van der Waals surface area contributed by atoms with Gasteiger partial charge < -0.3 is 9.84 Å².